The molecule has 3 rings (SSSR count). The normalized spacial score (nSPS) is 10.9. The van der Waals surface area contributed by atoms with Crippen LogP contribution in [0.4, 0.5) is 5.69 Å². The fraction of sp³-hybridized carbons (Fsp3) is 0.0526. The Morgan fingerprint density at radius 3 is 2.69 bits per heavy atom. The van der Waals surface area contributed by atoms with E-state index in [-0.39, 0.29) is 5.69 Å². The number of hydrogen-bond donors (Lipinski definition) is 1. The van der Waals surface area contributed by atoms with E-state index in [1.807, 2.05) is 0 Å². The monoisotopic (exact) mass is 521 g/mol. The van der Waals surface area contributed by atoms with Gasteiger partial charge in [0.2, 0.25) is 0 Å². The highest BCUT2D eigenvalue weighted by Gasteiger charge is 2.14. The van der Waals surface area contributed by atoms with Crippen molar-refractivity contribution in [3.63, 3.8) is 0 Å². The van der Waals surface area contributed by atoms with Gasteiger partial charge in [0.05, 0.1) is 23.8 Å². The minimum atomic E-state index is -0.474. The molecule has 0 aliphatic heterocycles. The Morgan fingerprint density at radius 1 is 1.21 bits per heavy atom. The molecule has 0 atom stereocenters. The third-order valence-electron chi connectivity index (χ3n) is 3.82. The quantitative estimate of drug-likeness (QED) is 0.273. The molecule has 0 spiro atoms. The lowest BCUT2D eigenvalue weighted by atomic mass is 10.1. The summed E-state index contributed by atoms with van der Waals surface area (Å²) >= 11 is 6.62. The van der Waals surface area contributed by atoms with Crippen molar-refractivity contribution in [2.24, 2.45) is 5.10 Å². The number of halogens is 2. The molecule has 1 N–H and O–H groups in total. The number of ether oxygens (including phenoxy) is 1. The molecule has 0 radical (unpaired) electrons. The molecule has 10 heteroatoms. The molecule has 1 amide bonds. The van der Waals surface area contributed by atoms with Gasteiger partial charge in [-0.05, 0) is 52.3 Å². The Bertz CT molecular complexity index is 1110. The van der Waals surface area contributed by atoms with Crippen LogP contribution in [0.1, 0.15) is 16.1 Å². The van der Waals surface area contributed by atoms with Gasteiger partial charge in [-0.15, -0.1) is 0 Å². The lowest BCUT2D eigenvalue weighted by Gasteiger charge is -2.07. The van der Waals surface area contributed by atoms with Crippen molar-refractivity contribution in [3.8, 4) is 17.1 Å². The van der Waals surface area contributed by atoms with Crippen molar-refractivity contribution in [2.75, 3.05) is 7.11 Å². The van der Waals surface area contributed by atoms with Gasteiger partial charge >= 0.3 is 0 Å². The minimum absolute atomic E-state index is 0.0281. The summed E-state index contributed by atoms with van der Waals surface area (Å²) in [5.74, 6) is 0.869. The highest BCUT2D eigenvalue weighted by Crippen LogP contribution is 2.32. The number of carbonyl (C=O) groups is 1. The molecule has 1 heterocycles. The number of carbonyl (C=O) groups excluding carboxylic acids is 1. The number of non-ortho nitro benzene ring substituents is 1. The number of benzene rings is 2. The Kier molecular flexibility index (Phi) is 6.45. The second kappa shape index (κ2) is 9.01. The van der Waals surface area contributed by atoms with E-state index in [0.29, 0.717) is 32.9 Å². The van der Waals surface area contributed by atoms with Gasteiger partial charge in [-0.3, -0.25) is 14.9 Å². The number of amides is 1. The maximum atomic E-state index is 12.3. The predicted molar refractivity (Wildman–Crippen MR) is 114 cm³/mol. The second-order valence-electron chi connectivity index (χ2n) is 5.67. The largest absolute Gasteiger partial charge is 0.496 e. The molecule has 0 saturated carbocycles. The van der Waals surface area contributed by atoms with Crippen molar-refractivity contribution in [3.05, 3.63) is 78.9 Å². The molecule has 0 saturated heterocycles. The Hall–Kier alpha value is -2.98. The lowest BCUT2D eigenvalue weighted by Crippen LogP contribution is -2.18. The van der Waals surface area contributed by atoms with Crippen molar-refractivity contribution in [2.45, 2.75) is 0 Å². The Balaban J connectivity index is 1.72. The third-order valence-corrected chi connectivity index (χ3v) is 4.97. The van der Waals surface area contributed by atoms with E-state index in [1.54, 1.807) is 36.4 Å². The van der Waals surface area contributed by atoms with E-state index >= 15 is 0 Å². The summed E-state index contributed by atoms with van der Waals surface area (Å²) in [5, 5.41) is 14.7. The fourth-order valence-corrected chi connectivity index (χ4v) is 3.38. The van der Waals surface area contributed by atoms with Crippen LogP contribution in [-0.2, 0) is 0 Å². The Labute approximate surface area is 182 Å². The first-order valence-electron chi connectivity index (χ1n) is 8.10. The number of methoxy groups -OCH3 is 1. The number of hydrazone groups is 1. The van der Waals surface area contributed by atoms with Gasteiger partial charge in [0.1, 0.15) is 17.3 Å². The van der Waals surface area contributed by atoms with Crippen LogP contribution in [0.3, 0.4) is 0 Å². The number of hydrogen-bond acceptors (Lipinski definition) is 6. The average molecular weight is 523 g/mol. The summed E-state index contributed by atoms with van der Waals surface area (Å²) in [6, 6.07) is 12.8. The van der Waals surface area contributed by atoms with E-state index < -0.39 is 10.8 Å². The van der Waals surface area contributed by atoms with Crippen molar-refractivity contribution in [1.82, 2.24) is 5.43 Å². The molecule has 0 aliphatic rings. The molecule has 148 valence electrons. The van der Waals surface area contributed by atoms with E-state index in [4.69, 9.17) is 9.15 Å². The van der Waals surface area contributed by atoms with Crippen LogP contribution in [-0.4, -0.2) is 24.2 Å². The number of nitro benzene ring substituents is 1. The second-order valence-corrected chi connectivity index (χ2v) is 7.44. The van der Waals surface area contributed by atoms with Crippen LogP contribution in [0, 0.1) is 10.1 Å². The van der Waals surface area contributed by atoms with Gasteiger partial charge in [-0.25, -0.2) is 5.43 Å². The Morgan fingerprint density at radius 2 is 2.00 bits per heavy atom. The summed E-state index contributed by atoms with van der Waals surface area (Å²) in [6.07, 6.45) is 1.35. The van der Waals surface area contributed by atoms with Gasteiger partial charge in [0.15, 0.2) is 0 Å². The highest BCUT2D eigenvalue weighted by atomic mass is 79.9. The number of nitrogens with one attached hydrogen (secondary N) is 1. The SMILES string of the molecule is COc1ccc(Br)cc1C(=O)N/N=C\c1ccc(-c2ccc([N+](=O)[O-])cc2Br)o1. The zero-order chi connectivity index (χ0) is 21.0. The van der Waals surface area contributed by atoms with Crippen LogP contribution in [0.2, 0.25) is 0 Å². The summed E-state index contributed by atoms with van der Waals surface area (Å²) in [4.78, 5) is 22.7. The minimum Gasteiger partial charge on any atom is -0.496 e. The van der Waals surface area contributed by atoms with Crippen molar-refractivity contribution in [1.29, 1.82) is 0 Å². The van der Waals surface area contributed by atoms with Gasteiger partial charge in [-0.2, -0.15) is 5.10 Å². The maximum Gasteiger partial charge on any atom is 0.275 e. The third kappa shape index (κ3) is 4.90. The van der Waals surface area contributed by atoms with Crippen molar-refractivity contribution >= 4 is 49.7 Å². The molecular weight excluding hydrogens is 510 g/mol. The molecule has 0 unspecified atom stereocenters. The number of rotatable bonds is 6. The molecule has 0 aliphatic carbocycles. The van der Waals surface area contributed by atoms with Gasteiger partial charge in [-0.1, -0.05) is 15.9 Å². The average Bonchev–Trinajstić information content (AvgIpc) is 3.16. The summed E-state index contributed by atoms with van der Waals surface area (Å²) in [7, 11) is 1.48. The van der Waals surface area contributed by atoms with E-state index in [0.717, 1.165) is 4.47 Å². The summed E-state index contributed by atoms with van der Waals surface area (Å²) < 4.78 is 12.1. The molecule has 1 aromatic heterocycles. The van der Waals surface area contributed by atoms with E-state index in [1.165, 1.54) is 25.5 Å². The van der Waals surface area contributed by atoms with Crippen molar-refractivity contribution < 1.29 is 18.9 Å². The van der Waals surface area contributed by atoms with Crippen LogP contribution in [0.25, 0.3) is 11.3 Å². The topological polar surface area (TPSA) is 107 Å². The number of nitro groups is 1. The standard InChI is InChI=1S/C19H13Br2N3O5/c1-28-17-6-2-11(20)8-15(17)19(25)23-22-10-13-4-7-18(29-13)14-5-3-12(24(26)27)9-16(14)21/h2-10H,1H3,(H,23,25)/b22-10-. The summed E-state index contributed by atoms with van der Waals surface area (Å²) in [6.45, 7) is 0. The maximum absolute atomic E-state index is 12.3. The molecule has 0 bridgehead atoms. The van der Waals surface area contributed by atoms with E-state index in [2.05, 4.69) is 42.4 Å². The molecule has 8 nitrogen and oxygen atoms in total. The smallest absolute Gasteiger partial charge is 0.275 e. The van der Waals surface area contributed by atoms with E-state index in [9.17, 15) is 14.9 Å². The molecule has 29 heavy (non-hydrogen) atoms. The molecule has 2 aromatic carbocycles. The van der Waals surface area contributed by atoms with Crippen LogP contribution < -0.4 is 10.2 Å². The zero-order valence-corrected chi connectivity index (χ0v) is 18.1. The van der Waals surface area contributed by atoms with Crippen LogP contribution in [0.5, 0.6) is 5.75 Å². The fourth-order valence-electron chi connectivity index (χ4n) is 2.46. The molecule has 3 aromatic rings. The lowest BCUT2D eigenvalue weighted by molar-refractivity contribution is -0.384. The molecular formula is C19H13Br2N3O5. The highest BCUT2D eigenvalue weighted by molar-refractivity contribution is 9.10. The first-order chi connectivity index (χ1) is 13.9. The predicted octanol–water partition coefficient (Wildman–Crippen LogP) is 5.15. The van der Waals surface area contributed by atoms with Gasteiger partial charge < -0.3 is 9.15 Å². The molecule has 0 fully saturated rings. The first-order valence-corrected chi connectivity index (χ1v) is 9.68. The zero-order valence-electron chi connectivity index (χ0n) is 14.9. The number of furan rings is 1. The van der Waals surface area contributed by atoms with Gasteiger partial charge in [0.25, 0.3) is 11.6 Å². The van der Waals surface area contributed by atoms with Crippen LogP contribution >= 0.6 is 31.9 Å². The van der Waals surface area contributed by atoms with Gasteiger partial charge in [0, 0.05) is 26.6 Å². The summed E-state index contributed by atoms with van der Waals surface area (Å²) in [5.41, 5.74) is 3.37. The number of nitrogens with zero attached hydrogens (tertiary/aromatic N) is 2. The van der Waals surface area contributed by atoms with Crippen LogP contribution in [0.15, 0.2) is 67.0 Å². The first kappa shape index (κ1) is 20.7.